The molecule has 506 valence electrons. The summed E-state index contributed by atoms with van der Waals surface area (Å²) in [6.45, 7) is 19.0. The van der Waals surface area contributed by atoms with Gasteiger partial charge in [0.25, 0.3) is 7.82 Å². The summed E-state index contributed by atoms with van der Waals surface area (Å²) in [5, 5.41) is 30.1. The first-order chi connectivity index (χ1) is 41.8. The second-order valence-corrected chi connectivity index (χ2v) is 28.3. The first kappa shape index (κ1) is 74.5. The van der Waals surface area contributed by atoms with E-state index in [1.807, 2.05) is 80.5 Å². The molecule has 0 spiro atoms. The summed E-state index contributed by atoms with van der Waals surface area (Å²) in [4.78, 5) is 128. The number of aromatic nitrogens is 2. The van der Waals surface area contributed by atoms with Gasteiger partial charge in [0.2, 0.25) is 41.4 Å². The summed E-state index contributed by atoms with van der Waals surface area (Å²) in [6, 6.07) is 2.65. The molecule has 30 heteroatoms. The molecule has 1 aromatic carbocycles. The minimum atomic E-state index is -5.32. The van der Waals surface area contributed by atoms with Crippen molar-refractivity contribution in [3.8, 4) is 0 Å². The van der Waals surface area contributed by atoms with Gasteiger partial charge < -0.3 is 84.0 Å². The van der Waals surface area contributed by atoms with Crippen LogP contribution in [-0.2, 0) is 68.7 Å². The average Bonchev–Trinajstić information content (AvgIpc) is 1.53. The van der Waals surface area contributed by atoms with Crippen molar-refractivity contribution in [1.82, 2.24) is 14.9 Å². The zero-order chi connectivity index (χ0) is 66.7. The van der Waals surface area contributed by atoms with E-state index >= 15 is 0 Å². The van der Waals surface area contributed by atoms with Crippen LogP contribution in [-0.4, -0.2) is 133 Å². The number of nitrogens with one attached hydrogen (secondary N) is 1. The molecule has 15 atom stereocenters. The number of hydrogen-bond acceptors (Lipinski definition) is 19. The molecule has 8 bridgehead atoms. The summed E-state index contributed by atoms with van der Waals surface area (Å²) in [5.41, 5.74) is 36.7. The molecule has 7 heterocycles. The largest absolute Gasteiger partial charge is 3.00 e. The third-order valence-electron chi connectivity index (χ3n) is 20.5. The molecule has 2 unspecified atom stereocenters. The van der Waals surface area contributed by atoms with Crippen LogP contribution in [0.1, 0.15) is 150 Å². The summed E-state index contributed by atoms with van der Waals surface area (Å²) in [5.74, 6) is -7.40. The number of carbonyl (C=O) groups excluding carboxylic acids is 7. The number of primary amides is 6. The van der Waals surface area contributed by atoms with E-state index < -0.39 is 143 Å². The zero-order valence-electron chi connectivity index (χ0n) is 53.9. The van der Waals surface area contributed by atoms with Gasteiger partial charge >= 0.3 is 16.8 Å². The number of phosphoric ester groups is 1. The van der Waals surface area contributed by atoms with Crippen LogP contribution in [0, 0.1) is 59.2 Å². The van der Waals surface area contributed by atoms with Crippen molar-refractivity contribution in [3.05, 3.63) is 69.2 Å². The molecule has 1 aromatic heterocycles. The standard InChI is InChI=1S/C62H90N13O14P.Co.H2O/c1-29-20-39-40(21-30(29)2)75(28-70-39)57-52(84)53(41(27-76)87-57)89-90(85,86)88-31(3)26-69-49(83)18-19-59(8)37(22-46(66)80)56-62(11)61(10,25-48(68)82)36(14-17-45(65)79)51(74-62)33(5)55-60(9,24-47(67)81)34(12-15-43(63)77)38(71-55)23-42-58(6,7)35(13-16-44(64)78)50(72-42)32(4)54(59)73-56;;/h20-21,23,28,31,34-37,41,52-53,56-57,76,84H,12-19,22,24-27H2,1-11H3,(H15,63,64,65,66,67,68,69,71,72,73,74,77,78,79,80,81,82,83,85,86);;1H2/q;+3;/p-3/t31-,34-,35-,36-,37+,41-,52-,53-,56?,57+,59-,60-,61+,62+;;/m1../s1. The number of carbonyl (C=O) groups is 7. The minimum Gasteiger partial charge on any atom is -0.870 e. The Balaban J connectivity index is 0.00000672. The Labute approximate surface area is 545 Å². The van der Waals surface area contributed by atoms with Crippen molar-refractivity contribution in [1.29, 1.82) is 0 Å². The van der Waals surface area contributed by atoms with Crippen LogP contribution in [0.4, 0.5) is 0 Å². The third kappa shape index (κ3) is 14.1. The van der Waals surface area contributed by atoms with Crippen molar-refractivity contribution in [3.63, 3.8) is 0 Å². The van der Waals surface area contributed by atoms with E-state index in [9.17, 15) is 53.2 Å². The van der Waals surface area contributed by atoms with E-state index in [1.54, 1.807) is 6.92 Å². The fraction of sp³-hybridized carbons (Fsp3) is 0.629. The fourth-order valence-electron chi connectivity index (χ4n) is 15.3. The maximum Gasteiger partial charge on any atom is 3.00 e. The number of imidazole rings is 1. The minimum absolute atomic E-state index is 0. The number of aliphatic hydroxyl groups is 2. The van der Waals surface area contributed by atoms with Gasteiger partial charge in [-0.3, -0.25) is 53.1 Å². The topological polar surface area (TPSA) is 495 Å². The maximum atomic E-state index is 14.4. The van der Waals surface area contributed by atoms with Crippen molar-refractivity contribution in [2.45, 2.75) is 189 Å². The summed E-state index contributed by atoms with van der Waals surface area (Å²) in [7, 11) is -5.32. The van der Waals surface area contributed by atoms with E-state index in [4.69, 9.17) is 68.5 Å². The normalized spacial score (nSPS) is 33.5. The number of benzene rings is 1. The second kappa shape index (κ2) is 27.8. The Hall–Kier alpha value is -6.53. The number of amides is 7. The van der Waals surface area contributed by atoms with Crippen molar-refractivity contribution < 1.29 is 89.3 Å². The number of rotatable bonds is 26. The van der Waals surface area contributed by atoms with Gasteiger partial charge in [-0.2, -0.15) is 5.70 Å². The van der Waals surface area contributed by atoms with Crippen LogP contribution >= 0.6 is 7.82 Å². The molecule has 8 rings (SSSR count). The molecule has 2 aromatic rings. The van der Waals surface area contributed by atoms with Crippen molar-refractivity contribution in [2.24, 2.45) is 94.7 Å². The predicted octanol–water partition coefficient (Wildman–Crippen LogP) is 3.14. The molecule has 28 nitrogen and oxygen atoms in total. The third-order valence-corrected chi connectivity index (χ3v) is 21.6. The Kier molecular flexibility index (Phi) is 22.5. The number of nitrogens with two attached hydrogens (primary N) is 6. The van der Waals surface area contributed by atoms with Crippen LogP contribution in [0.25, 0.3) is 16.4 Å². The van der Waals surface area contributed by atoms with Gasteiger partial charge in [-0.15, -0.1) is 0 Å². The van der Waals surface area contributed by atoms with Crippen LogP contribution in [0.5, 0.6) is 0 Å². The smallest absolute Gasteiger partial charge is 0.870 e. The van der Waals surface area contributed by atoms with Crippen LogP contribution in [0.15, 0.2) is 67.8 Å². The Morgan fingerprint density at radius 2 is 1.38 bits per heavy atom. The van der Waals surface area contributed by atoms with Gasteiger partial charge in [0.15, 0.2) is 6.23 Å². The van der Waals surface area contributed by atoms with Crippen molar-refractivity contribution >= 4 is 77.3 Å². The molecule has 7 amide bonds. The Morgan fingerprint density at radius 1 is 0.793 bits per heavy atom. The van der Waals surface area contributed by atoms with Crippen LogP contribution in [0.2, 0.25) is 0 Å². The van der Waals surface area contributed by atoms with Gasteiger partial charge in [-0.1, -0.05) is 40.7 Å². The first-order valence-electron chi connectivity index (χ1n) is 30.5. The SMILES string of the molecule is C/C1=C2N=C(/C=C3N=C(/C(C)=C4\[N-]C([C@H](CC(N)=O)[C@@]4(C)CCC(=O)NC[C@@H](C)OP(=O)([O-])O[C@H]4[C@@H](O)[C@@H](n5cnc6cc(C)c(C)cc65)O[C@@H]4CO)[C@]4(C)N=C1[C@@H](CCC(N)=O)[C@]4(C)CC(N)=O)[C@@H](CCC(N)=O)C\3(C)C)[C@@H](CCC(N)=O)[C@@]/2(C)CC(N)=O.[Co+3].[OH-]. The molecular formula is C62H89CoN13O15P. The molecular weight excluding hydrogens is 1260 g/mol. The molecule has 0 radical (unpaired) electrons. The molecule has 92 heavy (non-hydrogen) atoms. The number of nitrogens with zero attached hydrogens (tertiary/aromatic N) is 6. The van der Waals surface area contributed by atoms with E-state index in [0.29, 0.717) is 56.4 Å². The van der Waals surface area contributed by atoms with Gasteiger partial charge in [-0.25, -0.2) is 4.98 Å². The molecule has 0 aliphatic carbocycles. The fourth-order valence-corrected chi connectivity index (χ4v) is 16.4. The van der Waals surface area contributed by atoms with Gasteiger partial charge in [0.1, 0.15) is 18.3 Å². The summed E-state index contributed by atoms with van der Waals surface area (Å²) >= 11 is 0. The summed E-state index contributed by atoms with van der Waals surface area (Å²) < 4.78 is 31.9. The molecule has 0 saturated carbocycles. The Bertz CT molecular complexity index is 3550. The van der Waals surface area contributed by atoms with E-state index in [2.05, 4.69) is 10.3 Å². The van der Waals surface area contributed by atoms with Gasteiger partial charge in [0, 0.05) is 108 Å². The van der Waals surface area contributed by atoms with Crippen LogP contribution < -0.4 is 44.6 Å². The number of phosphoric acid groups is 1. The number of aliphatic hydroxyl groups excluding tert-OH is 2. The number of aryl methyl sites for hydroxylation is 2. The van der Waals surface area contributed by atoms with E-state index in [-0.39, 0.29) is 99.4 Å². The quantitative estimate of drug-likeness (QED) is 0.0611. The van der Waals surface area contributed by atoms with Crippen LogP contribution in [0.3, 0.4) is 0 Å². The maximum absolute atomic E-state index is 14.4. The average molecular weight is 1350 g/mol. The first-order valence-corrected chi connectivity index (χ1v) is 32.0. The van der Waals surface area contributed by atoms with Gasteiger partial charge in [0.05, 0.1) is 41.3 Å². The molecule has 6 aliphatic rings. The number of fused-ring (bicyclic) bond motifs is 7. The Morgan fingerprint density at radius 3 is 1.96 bits per heavy atom. The number of hydrogen-bond donors (Lipinski definition) is 9. The summed E-state index contributed by atoms with van der Waals surface area (Å²) in [6.07, 6.45) is -4.79. The monoisotopic (exact) mass is 1350 g/mol. The molecule has 6 aliphatic heterocycles. The molecule has 16 N–H and O–H groups in total. The second-order valence-electron chi connectivity index (χ2n) is 27.0. The number of allylic oxidation sites excluding steroid dienone is 6. The predicted molar refractivity (Wildman–Crippen MR) is 334 cm³/mol. The number of ether oxygens (including phenoxy) is 1. The van der Waals surface area contributed by atoms with Gasteiger partial charge in [-0.05, 0) is 119 Å². The molecule has 2 fully saturated rings. The molecule has 2 saturated heterocycles. The van der Waals surface area contributed by atoms with E-state index in [1.165, 1.54) is 17.8 Å². The number of aliphatic imine (C=N–C) groups is 3. The van der Waals surface area contributed by atoms with Crippen molar-refractivity contribution in [2.75, 3.05) is 13.2 Å². The van der Waals surface area contributed by atoms with E-state index in [0.717, 1.165) is 11.1 Å². The zero-order valence-corrected chi connectivity index (χ0v) is 55.9.